The van der Waals surface area contributed by atoms with Gasteiger partial charge in [0.05, 0.1) is 11.3 Å². The van der Waals surface area contributed by atoms with Crippen molar-refractivity contribution in [2.24, 2.45) is 5.73 Å². The number of benzene rings is 2. The number of carbonyl (C=O) groups excluding carboxylic acids is 2. The first kappa shape index (κ1) is 15.3. The van der Waals surface area contributed by atoms with Crippen LogP contribution < -0.4 is 16.4 Å². The van der Waals surface area contributed by atoms with Crippen molar-refractivity contribution in [3.8, 4) is 11.3 Å². The van der Waals surface area contributed by atoms with E-state index >= 15 is 0 Å². The molecule has 0 fully saturated rings. The standard InChI is InChI=1S/C17H14N4O3/c18-16(22)12-8-4-5-9-13(12)19-17(23)20-15-10-14(24-21-15)11-6-2-1-3-7-11/h1-10H,(H2,18,22)(H2,19,20,21,23). The summed E-state index contributed by atoms with van der Waals surface area (Å²) in [5, 5.41) is 8.89. The first-order valence-corrected chi connectivity index (χ1v) is 7.12. The molecule has 0 unspecified atom stereocenters. The number of nitrogens with one attached hydrogen (secondary N) is 2. The van der Waals surface area contributed by atoms with E-state index in [1.807, 2.05) is 30.3 Å². The molecule has 0 atom stereocenters. The van der Waals surface area contributed by atoms with Gasteiger partial charge in [0.1, 0.15) is 0 Å². The SMILES string of the molecule is NC(=O)c1ccccc1NC(=O)Nc1cc(-c2ccccc2)on1. The topological polar surface area (TPSA) is 110 Å². The van der Waals surface area contributed by atoms with Crippen LogP contribution >= 0.6 is 0 Å². The number of primary amides is 1. The third kappa shape index (κ3) is 3.41. The van der Waals surface area contributed by atoms with Crippen molar-refractivity contribution in [2.75, 3.05) is 10.6 Å². The Bertz CT molecular complexity index is 874. The quantitative estimate of drug-likeness (QED) is 0.685. The molecule has 1 heterocycles. The van der Waals surface area contributed by atoms with Crippen LogP contribution in [0.4, 0.5) is 16.3 Å². The number of para-hydroxylation sites is 1. The van der Waals surface area contributed by atoms with E-state index in [2.05, 4.69) is 15.8 Å². The second kappa shape index (κ2) is 6.66. The third-order valence-electron chi connectivity index (χ3n) is 3.25. The van der Waals surface area contributed by atoms with Gasteiger partial charge in [-0.05, 0) is 12.1 Å². The molecule has 3 amide bonds. The van der Waals surface area contributed by atoms with Gasteiger partial charge < -0.3 is 15.6 Å². The Hall–Kier alpha value is -3.61. The van der Waals surface area contributed by atoms with E-state index in [1.54, 1.807) is 24.3 Å². The Kier molecular flexibility index (Phi) is 4.24. The predicted molar refractivity (Wildman–Crippen MR) is 89.5 cm³/mol. The predicted octanol–water partition coefficient (Wildman–Crippen LogP) is 3.08. The normalized spacial score (nSPS) is 10.2. The van der Waals surface area contributed by atoms with Crippen LogP contribution in [0.5, 0.6) is 0 Å². The zero-order valence-corrected chi connectivity index (χ0v) is 12.5. The van der Waals surface area contributed by atoms with Crippen molar-refractivity contribution < 1.29 is 14.1 Å². The number of aromatic nitrogens is 1. The number of hydrogen-bond acceptors (Lipinski definition) is 4. The summed E-state index contributed by atoms with van der Waals surface area (Å²) in [4.78, 5) is 23.4. The Morgan fingerprint density at radius 3 is 2.42 bits per heavy atom. The van der Waals surface area contributed by atoms with Crippen LogP contribution in [-0.4, -0.2) is 17.1 Å². The van der Waals surface area contributed by atoms with Crippen molar-refractivity contribution in [3.63, 3.8) is 0 Å². The molecule has 4 N–H and O–H groups in total. The molecule has 0 aliphatic rings. The summed E-state index contributed by atoms with van der Waals surface area (Å²) in [5.41, 5.74) is 6.65. The van der Waals surface area contributed by atoms with Gasteiger partial charge in [0.25, 0.3) is 5.91 Å². The maximum absolute atomic E-state index is 12.0. The van der Waals surface area contributed by atoms with Crippen molar-refractivity contribution in [2.45, 2.75) is 0 Å². The van der Waals surface area contributed by atoms with E-state index in [4.69, 9.17) is 10.3 Å². The molecule has 0 aliphatic heterocycles. The van der Waals surface area contributed by atoms with Gasteiger partial charge in [-0.3, -0.25) is 10.1 Å². The molecule has 7 heteroatoms. The first-order chi connectivity index (χ1) is 11.6. The van der Waals surface area contributed by atoms with Gasteiger partial charge in [0.2, 0.25) is 0 Å². The van der Waals surface area contributed by atoms with E-state index in [9.17, 15) is 9.59 Å². The van der Waals surface area contributed by atoms with Gasteiger partial charge in [-0.1, -0.05) is 47.6 Å². The van der Waals surface area contributed by atoms with Crippen LogP contribution in [-0.2, 0) is 0 Å². The van der Waals surface area contributed by atoms with Gasteiger partial charge >= 0.3 is 6.03 Å². The number of carbonyl (C=O) groups is 2. The molecule has 3 aromatic rings. The molecule has 2 aromatic carbocycles. The number of rotatable bonds is 4. The van der Waals surface area contributed by atoms with E-state index in [0.717, 1.165) is 5.56 Å². The largest absolute Gasteiger partial charge is 0.366 e. The molecule has 0 radical (unpaired) electrons. The highest BCUT2D eigenvalue weighted by Gasteiger charge is 2.12. The molecule has 0 spiro atoms. The molecular weight excluding hydrogens is 308 g/mol. The van der Waals surface area contributed by atoms with Crippen molar-refractivity contribution >= 4 is 23.4 Å². The van der Waals surface area contributed by atoms with Crippen LogP contribution in [0.2, 0.25) is 0 Å². The van der Waals surface area contributed by atoms with E-state index < -0.39 is 11.9 Å². The zero-order valence-electron chi connectivity index (χ0n) is 12.5. The van der Waals surface area contributed by atoms with Gasteiger partial charge in [0, 0.05) is 11.6 Å². The molecule has 7 nitrogen and oxygen atoms in total. The minimum atomic E-state index is -0.626. The van der Waals surface area contributed by atoms with Gasteiger partial charge in [-0.15, -0.1) is 0 Å². The minimum absolute atomic E-state index is 0.220. The second-order valence-electron chi connectivity index (χ2n) is 4.93. The highest BCUT2D eigenvalue weighted by molar-refractivity contribution is 6.05. The fourth-order valence-electron chi connectivity index (χ4n) is 2.15. The maximum Gasteiger partial charge on any atom is 0.324 e. The Balaban J connectivity index is 1.70. The number of anilines is 2. The van der Waals surface area contributed by atoms with E-state index in [-0.39, 0.29) is 11.4 Å². The van der Waals surface area contributed by atoms with E-state index in [0.29, 0.717) is 11.4 Å². The maximum atomic E-state index is 12.0. The van der Waals surface area contributed by atoms with Gasteiger partial charge in [-0.2, -0.15) is 0 Å². The van der Waals surface area contributed by atoms with Crippen molar-refractivity contribution in [1.82, 2.24) is 5.16 Å². The summed E-state index contributed by atoms with van der Waals surface area (Å²) in [7, 11) is 0. The molecule has 0 bridgehead atoms. The van der Waals surface area contributed by atoms with E-state index in [1.165, 1.54) is 6.07 Å². The number of amides is 3. The molecular formula is C17H14N4O3. The van der Waals surface area contributed by atoms with Crippen LogP contribution in [0, 0.1) is 0 Å². The number of urea groups is 1. The number of nitrogens with two attached hydrogens (primary N) is 1. The molecule has 0 saturated carbocycles. The smallest absolute Gasteiger partial charge is 0.324 e. The minimum Gasteiger partial charge on any atom is -0.366 e. The Morgan fingerprint density at radius 1 is 0.958 bits per heavy atom. The lowest BCUT2D eigenvalue weighted by Crippen LogP contribution is -2.22. The second-order valence-corrected chi connectivity index (χ2v) is 4.93. The monoisotopic (exact) mass is 322 g/mol. The summed E-state index contributed by atoms with van der Waals surface area (Å²) < 4.78 is 5.20. The molecule has 1 aromatic heterocycles. The number of hydrogen-bond donors (Lipinski definition) is 3. The summed E-state index contributed by atoms with van der Waals surface area (Å²) in [6.07, 6.45) is 0. The summed E-state index contributed by atoms with van der Waals surface area (Å²) in [6, 6.07) is 16.9. The van der Waals surface area contributed by atoms with Gasteiger partial charge in [-0.25, -0.2) is 4.79 Å². The van der Waals surface area contributed by atoms with Crippen molar-refractivity contribution in [1.29, 1.82) is 0 Å². The summed E-state index contributed by atoms with van der Waals surface area (Å²) in [6.45, 7) is 0. The highest BCUT2D eigenvalue weighted by atomic mass is 16.5. The average Bonchev–Trinajstić information content (AvgIpc) is 3.04. The Morgan fingerprint density at radius 2 is 1.67 bits per heavy atom. The molecule has 120 valence electrons. The highest BCUT2D eigenvalue weighted by Crippen LogP contribution is 2.22. The fourth-order valence-corrected chi connectivity index (χ4v) is 2.15. The van der Waals surface area contributed by atoms with Crippen LogP contribution in [0.15, 0.2) is 65.2 Å². The van der Waals surface area contributed by atoms with Crippen LogP contribution in [0.25, 0.3) is 11.3 Å². The van der Waals surface area contributed by atoms with Crippen molar-refractivity contribution in [3.05, 3.63) is 66.2 Å². The molecule has 0 saturated heterocycles. The first-order valence-electron chi connectivity index (χ1n) is 7.12. The lowest BCUT2D eigenvalue weighted by molar-refractivity contribution is 0.100. The lowest BCUT2D eigenvalue weighted by atomic mass is 10.1. The molecule has 0 aliphatic carbocycles. The Labute approximate surface area is 137 Å². The van der Waals surface area contributed by atoms with Crippen LogP contribution in [0.1, 0.15) is 10.4 Å². The van der Waals surface area contributed by atoms with Gasteiger partial charge in [0.15, 0.2) is 11.6 Å². The molecule has 3 rings (SSSR count). The summed E-state index contributed by atoms with van der Waals surface area (Å²) >= 11 is 0. The third-order valence-corrected chi connectivity index (χ3v) is 3.25. The molecule has 24 heavy (non-hydrogen) atoms. The lowest BCUT2D eigenvalue weighted by Gasteiger charge is -2.08. The fraction of sp³-hybridized carbons (Fsp3) is 0. The number of nitrogens with zero attached hydrogens (tertiary/aromatic N) is 1. The summed E-state index contributed by atoms with van der Waals surface area (Å²) in [5.74, 6) is 0.157. The van der Waals surface area contributed by atoms with Crippen LogP contribution in [0.3, 0.4) is 0 Å². The zero-order chi connectivity index (χ0) is 16.9. The average molecular weight is 322 g/mol.